The fourth-order valence-electron chi connectivity index (χ4n) is 2.63. The molecule has 1 aromatic heterocycles. The smallest absolute Gasteiger partial charge is 0.323 e. The molecule has 4 N–H and O–H groups in total. The maximum Gasteiger partial charge on any atom is 0.323 e. The Morgan fingerprint density at radius 3 is 2.52 bits per heavy atom. The number of hydrazine groups is 1. The van der Waals surface area contributed by atoms with Crippen molar-refractivity contribution in [1.29, 1.82) is 0 Å². The molecule has 21 heavy (non-hydrogen) atoms. The second-order valence-corrected chi connectivity index (χ2v) is 5.80. The number of ether oxygens (including phenoxy) is 1. The molecule has 1 saturated carbocycles. The van der Waals surface area contributed by atoms with Gasteiger partial charge in [0, 0.05) is 6.54 Å². The Hall–Kier alpha value is -1.63. The van der Waals surface area contributed by atoms with E-state index in [4.69, 9.17) is 10.6 Å². The molecule has 1 aromatic rings. The van der Waals surface area contributed by atoms with Gasteiger partial charge in [0.2, 0.25) is 11.9 Å². The minimum absolute atomic E-state index is 0.00751. The third-order valence-corrected chi connectivity index (χ3v) is 3.65. The Balaban J connectivity index is 1.88. The van der Waals surface area contributed by atoms with Crippen molar-refractivity contribution in [2.45, 2.75) is 58.5 Å². The number of nitrogens with zero attached hydrogens (tertiary/aromatic N) is 3. The second kappa shape index (κ2) is 7.97. The summed E-state index contributed by atoms with van der Waals surface area (Å²) in [6, 6.07) is 0.285. The van der Waals surface area contributed by atoms with E-state index >= 15 is 0 Å². The summed E-state index contributed by atoms with van der Waals surface area (Å²) in [5.74, 6) is 7.01. The molecule has 0 amide bonds. The number of nitrogen functional groups attached to an aromatic ring is 1. The molecule has 1 heterocycles. The molecule has 0 spiro atoms. The number of anilines is 2. The van der Waals surface area contributed by atoms with Crippen molar-refractivity contribution in [2.24, 2.45) is 11.8 Å². The lowest BCUT2D eigenvalue weighted by atomic mass is 9.87. The summed E-state index contributed by atoms with van der Waals surface area (Å²) >= 11 is 0. The summed E-state index contributed by atoms with van der Waals surface area (Å²) in [6.07, 6.45) is 7.96. The highest BCUT2D eigenvalue weighted by molar-refractivity contribution is 5.34. The normalized spacial score (nSPS) is 16.0. The van der Waals surface area contributed by atoms with Crippen molar-refractivity contribution in [3.05, 3.63) is 0 Å². The van der Waals surface area contributed by atoms with Gasteiger partial charge < -0.3 is 10.1 Å². The van der Waals surface area contributed by atoms with Gasteiger partial charge in [-0.3, -0.25) is 5.43 Å². The van der Waals surface area contributed by atoms with Crippen LogP contribution in [0, 0.1) is 5.92 Å². The van der Waals surface area contributed by atoms with Crippen molar-refractivity contribution in [3.8, 4) is 6.01 Å². The van der Waals surface area contributed by atoms with Gasteiger partial charge in [0.25, 0.3) is 0 Å². The standard InChI is InChI=1S/C14H26N6O/c1-10(2)21-14-18-12(17-13(19-14)20-15)16-9-8-11-6-4-3-5-7-11/h10-11H,3-9,15H2,1-2H3,(H2,16,17,18,19,20). The number of rotatable bonds is 7. The molecule has 0 bridgehead atoms. The monoisotopic (exact) mass is 294 g/mol. The SMILES string of the molecule is CC(C)Oc1nc(NN)nc(NCCC2CCCCC2)n1. The third kappa shape index (κ3) is 5.34. The largest absolute Gasteiger partial charge is 0.461 e. The summed E-state index contributed by atoms with van der Waals surface area (Å²) < 4.78 is 5.50. The lowest BCUT2D eigenvalue weighted by Gasteiger charge is -2.21. The van der Waals surface area contributed by atoms with Gasteiger partial charge in [-0.1, -0.05) is 32.1 Å². The van der Waals surface area contributed by atoms with Gasteiger partial charge in [-0.25, -0.2) is 5.84 Å². The van der Waals surface area contributed by atoms with E-state index in [0.717, 1.165) is 18.9 Å². The average Bonchev–Trinajstić information content (AvgIpc) is 2.47. The van der Waals surface area contributed by atoms with Crippen molar-refractivity contribution >= 4 is 11.9 Å². The maximum atomic E-state index is 5.50. The predicted molar refractivity (Wildman–Crippen MR) is 83.1 cm³/mol. The Kier molecular flexibility index (Phi) is 5.98. The first-order valence-corrected chi connectivity index (χ1v) is 7.80. The molecule has 1 aliphatic rings. The van der Waals surface area contributed by atoms with Gasteiger partial charge in [-0.2, -0.15) is 15.0 Å². The lowest BCUT2D eigenvalue weighted by Crippen LogP contribution is -2.17. The van der Waals surface area contributed by atoms with Crippen molar-refractivity contribution < 1.29 is 4.74 Å². The molecule has 0 aromatic carbocycles. The number of aromatic nitrogens is 3. The van der Waals surface area contributed by atoms with Crippen LogP contribution in [0.4, 0.5) is 11.9 Å². The summed E-state index contributed by atoms with van der Waals surface area (Å²) in [4.78, 5) is 12.5. The topological polar surface area (TPSA) is 98.0 Å². The first-order chi connectivity index (χ1) is 10.2. The molecular formula is C14H26N6O. The maximum absolute atomic E-state index is 5.50. The minimum atomic E-state index is 0.00751. The molecular weight excluding hydrogens is 268 g/mol. The molecule has 7 heteroatoms. The minimum Gasteiger partial charge on any atom is -0.461 e. The summed E-state index contributed by atoms with van der Waals surface area (Å²) in [7, 11) is 0. The third-order valence-electron chi connectivity index (χ3n) is 3.65. The average molecular weight is 294 g/mol. The van der Waals surface area contributed by atoms with E-state index in [-0.39, 0.29) is 12.1 Å². The zero-order valence-corrected chi connectivity index (χ0v) is 12.9. The molecule has 1 fully saturated rings. The fourth-order valence-corrected chi connectivity index (χ4v) is 2.63. The van der Waals surface area contributed by atoms with E-state index < -0.39 is 0 Å². The molecule has 2 rings (SSSR count). The van der Waals surface area contributed by atoms with Crippen LogP contribution in [0.25, 0.3) is 0 Å². The van der Waals surface area contributed by atoms with Crippen LogP contribution in [0.1, 0.15) is 52.4 Å². The highest BCUT2D eigenvalue weighted by atomic mass is 16.5. The van der Waals surface area contributed by atoms with E-state index in [1.54, 1.807) is 0 Å². The predicted octanol–water partition coefficient (Wildman–Crippen LogP) is 2.33. The molecule has 0 aliphatic heterocycles. The van der Waals surface area contributed by atoms with Crippen LogP contribution in [-0.4, -0.2) is 27.6 Å². The van der Waals surface area contributed by atoms with Gasteiger partial charge in [0.15, 0.2) is 0 Å². The summed E-state index contributed by atoms with van der Waals surface area (Å²) in [5, 5.41) is 3.24. The zero-order chi connectivity index (χ0) is 15.1. The van der Waals surface area contributed by atoms with Crippen molar-refractivity contribution in [2.75, 3.05) is 17.3 Å². The molecule has 0 radical (unpaired) electrons. The second-order valence-electron chi connectivity index (χ2n) is 5.80. The van der Waals surface area contributed by atoms with Crippen molar-refractivity contribution in [3.63, 3.8) is 0 Å². The first-order valence-electron chi connectivity index (χ1n) is 7.80. The Labute approximate surface area is 126 Å². The zero-order valence-electron chi connectivity index (χ0n) is 12.9. The van der Waals surface area contributed by atoms with Gasteiger partial charge >= 0.3 is 6.01 Å². The van der Waals surface area contributed by atoms with Gasteiger partial charge in [-0.15, -0.1) is 0 Å². The van der Waals surface area contributed by atoms with Crippen LogP contribution in [0.2, 0.25) is 0 Å². The first kappa shape index (κ1) is 15.8. The van der Waals surface area contributed by atoms with Crippen molar-refractivity contribution in [1.82, 2.24) is 15.0 Å². The number of hydrogen-bond acceptors (Lipinski definition) is 7. The summed E-state index contributed by atoms with van der Waals surface area (Å²) in [5.41, 5.74) is 2.44. The number of nitrogens with two attached hydrogens (primary N) is 1. The van der Waals surface area contributed by atoms with Gasteiger partial charge in [0.1, 0.15) is 0 Å². The number of hydrogen-bond donors (Lipinski definition) is 3. The molecule has 7 nitrogen and oxygen atoms in total. The molecule has 0 unspecified atom stereocenters. The Bertz CT molecular complexity index is 433. The highest BCUT2D eigenvalue weighted by Gasteiger charge is 2.13. The van der Waals surface area contributed by atoms with E-state index in [2.05, 4.69) is 25.7 Å². The molecule has 1 aliphatic carbocycles. The quantitative estimate of drug-likeness (QED) is 0.524. The van der Waals surface area contributed by atoms with Crippen LogP contribution >= 0.6 is 0 Å². The van der Waals surface area contributed by atoms with Crippen LogP contribution in [0.3, 0.4) is 0 Å². The highest BCUT2D eigenvalue weighted by Crippen LogP contribution is 2.26. The van der Waals surface area contributed by atoms with Crippen LogP contribution in [0.5, 0.6) is 6.01 Å². The van der Waals surface area contributed by atoms with E-state index in [1.807, 2.05) is 13.8 Å². The molecule has 118 valence electrons. The van der Waals surface area contributed by atoms with Gasteiger partial charge in [0.05, 0.1) is 6.10 Å². The van der Waals surface area contributed by atoms with Crippen LogP contribution in [-0.2, 0) is 0 Å². The van der Waals surface area contributed by atoms with E-state index in [1.165, 1.54) is 32.1 Å². The summed E-state index contributed by atoms with van der Waals surface area (Å²) in [6.45, 7) is 4.71. The molecule has 0 atom stereocenters. The Morgan fingerprint density at radius 1 is 1.14 bits per heavy atom. The fraction of sp³-hybridized carbons (Fsp3) is 0.786. The lowest BCUT2D eigenvalue weighted by molar-refractivity contribution is 0.222. The van der Waals surface area contributed by atoms with E-state index in [9.17, 15) is 0 Å². The number of nitrogens with one attached hydrogen (secondary N) is 2. The molecule has 0 saturated heterocycles. The van der Waals surface area contributed by atoms with Crippen LogP contribution < -0.4 is 21.3 Å². The van der Waals surface area contributed by atoms with Crippen LogP contribution in [0.15, 0.2) is 0 Å². The Morgan fingerprint density at radius 2 is 1.86 bits per heavy atom. The van der Waals surface area contributed by atoms with E-state index in [0.29, 0.717) is 11.9 Å². The van der Waals surface area contributed by atoms with Gasteiger partial charge in [-0.05, 0) is 26.2 Å².